The number of hydrogen-bond donors (Lipinski definition) is 2. The second-order valence-electron chi connectivity index (χ2n) is 8.15. The molecule has 2 N–H and O–H groups in total. The van der Waals surface area contributed by atoms with E-state index in [-0.39, 0.29) is 24.6 Å². The van der Waals surface area contributed by atoms with Crippen molar-refractivity contribution in [3.05, 3.63) is 58.9 Å². The third-order valence-corrected chi connectivity index (χ3v) is 5.55. The summed E-state index contributed by atoms with van der Waals surface area (Å²) in [5.74, 6) is -0.142. The van der Waals surface area contributed by atoms with Gasteiger partial charge in [-0.3, -0.25) is 14.7 Å². The van der Waals surface area contributed by atoms with Crippen LogP contribution in [0.3, 0.4) is 0 Å². The van der Waals surface area contributed by atoms with E-state index in [0.717, 1.165) is 22.5 Å². The number of carbonyl (C=O) groups excluding carboxylic acids is 1. The number of aryl methyl sites for hydroxylation is 2. The summed E-state index contributed by atoms with van der Waals surface area (Å²) in [6, 6.07) is 10.2. The summed E-state index contributed by atoms with van der Waals surface area (Å²) in [6.07, 6.45) is -0.992. The van der Waals surface area contributed by atoms with E-state index in [1.165, 1.54) is 17.0 Å². The van der Waals surface area contributed by atoms with Gasteiger partial charge in [-0.2, -0.15) is 0 Å². The van der Waals surface area contributed by atoms with E-state index in [1.54, 1.807) is 24.0 Å². The van der Waals surface area contributed by atoms with Crippen LogP contribution in [0.1, 0.15) is 29.4 Å². The first-order valence-corrected chi connectivity index (χ1v) is 10.3. The molecule has 0 bridgehead atoms. The van der Waals surface area contributed by atoms with Crippen LogP contribution in [0.4, 0.5) is 4.79 Å². The number of carbonyl (C=O) groups is 2. The molecule has 2 amide bonds. The Morgan fingerprint density at radius 2 is 1.68 bits per heavy atom. The normalized spacial score (nSPS) is 15.9. The second-order valence-corrected chi connectivity index (χ2v) is 8.15. The maximum absolute atomic E-state index is 13.7. The summed E-state index contributed by atoms with van der Waals surface area (Å²) in [7, 11) is 0. The Bertz CT molecular complexity index is 920. The molecule has 0 radical (unpaired) electrons. The molecule has 1 fully saturated rings. The first-order valence-electron chi connectivity index (χ1n) is 10.3. The van der Waals surface area contributed by atoms with Crippen LogP contribution < -0.4 is 0 Å². The van der Waals surface area contributed by atoms with Crippen molar-refractivity contribution in [3.8, 4) is 5.75 Å². The summed E-state index contributed by atoms with van der Waals surface area (Å²) in [5, 5.41) is 19.8. The highest BCUT2D eigenvalue weighted by atomic mass is 16.5. The van der Waals surface area contributed by atoms with Crippen LogP contribution in [0.5, 0.6) is 5.75 Å². The zero-order valence-corrected chi connectivity index (χ0v) is 18.2. The standard InChI is InChI=1S/C23H29N3O5/c1-16-12-19(13-17(2)24-16)15-26(22(29)30)23(3,14-18-4-6-20(27)7-5-18)21(28)25-8-10-31-11-9-25/h4-7,12-13,27H,8-11,14-15H2,1-3H3,(H,29,30)/t23-/m0/s1. The Hall–Kier alpha value is -3.13. The molecule has 0 spiro atoms. The number of ether oxygens (including phenoxy) is 1. The molecule has 8 nitrogen and oxygen atoms in total. The summed E-state index contributed by atoms with van der Waals surface area (Å²) in [4.78, 5) is 33.3. The first kappa shape index (κ1) is 22.6. The number of phenolic OH excluding ortho intramolecular Hbond substituents is 1. The number of benzene rings is 1. The van der Waals surface area contributed by atoms with E-state index in [9.17, 15) is 19.8 Å². The first-order chi connectivity index (χ1) is 14.7. The number of morpholine rings is 1. The van der Waals surface area contributed by atoms with Crippen LogP contribution in [0.25, 0.3) is 0 Å². The molecule has 8 heteroatoms. The Morgan fingerprint density at radius 1 is 1.10 bits per heavy atom. The molecular weight excluding hydrogens is 398 g/mol. The van der Waals surface area contributed by atoms with Crippen LogP contribution in [-0.2, 0) is 22.5 Å². The van der Waals surface area contributed by atoms with Crippen molar-refractivity contribution in [3.63, 3.8) is 0 Å². The number of aromatic hydroxyl groups is 1. The Labute approximate surface area is 182 Å². The van der Waals surface area contributed by atoms with Gasteiger partial charge in [-0.05, 0) is 56.2 Å². The van der Waals surface area contributed by atoms with Gasteiger partial charge in [0.15, 0.2) is 0 Å². The van der Waals surface area contributed by atoms with E-state index in [4.69, 9.17) is 4.74 Å². The quantitative estimate of drug-likeness (QED) is 0.735. The minimum atomic E-state index is -1.34. The van der Waals surface area contributed by atoms with Crippen molar-refractivity contribution in [2.75, 3.05) is 26.3 Å². The van der Waals surface area contributed by atoms with E-state index in [2.05, 4.69) is 4.98 Å². The molecule has 1 atom stereocenters. The van der Waals surface area contributed by atoms with Gasteiger partial charge in [0.1, 0.15) is 11.3 Å². The van der Waals surface area contributed by atoms with Crippen molar-refractivity contribution in [2.24, 2.45) is 0 Å². The molecule has 3 rings (SSSR count). The highest BCUT2D eigenvalue weighted by Crippen LogP contribution is 2.28. The topological polar surface area (TPSA) is 103 Å². The molecule has 1 aromatic heterocycles. The van der Waals surface area contributed by atoms with Crippen LogP contribution in [0, 0.1) is 13.8 Å². The van der Waals surface area contributed by atoms with Gasteiger partial charge in [-0.15, -0.1) is 0 Å². The van der Waals surface area contributed by atoms with Gasteiger partial charge < -0.3 is 19.8 Å². The number of rotatable bonds is 6. The van der Waals surface area contributed by atoms with Crippen molar-refractivity contribution in [1.82, 2.24) is 14.8 Å². The third-order valence-electron chi connectivity index (χ3n) is 5.55. The smallest absolute Gasteiger partial charge is 0.408 e. The lowest BCUT2D eigenvalue weighted by molar-refractivity contribution is -0.147. The van der Waals surface area contributed by atoms with E-state index in [0.29, 0.717) is 26.3 Å². The van der Waals surface area contributed by atoms with Crippen molar-refractivity contribution in [1.29, 1.82) is 0 Å². The van der Waals surface area contributed by atoms with E-state index < -0.39 is 11.6 Å². The lowest BCUT2D eigenvalue weighted by Gasteiger charge is -2.42. The van der Waals surface area contributed by atoms with Crippen LogP contribution in [0.15, 0.2) is 36.4 Å². The number of pyridine rings is 1. The molecule has 0 saturated carbocycles. The lowest BCUT2D eigenvalue weighted by atomic mass is 9.88. The maximum atomic E-state index is 13.7. The largest absolute Gasteiger partial charge is 0.508 e. The van der Waals surface area contributed by atoms with Gasteiger partial charge in [-0.1, -0.05) is 12.1 Å². The average Bonchev–Trinajstić information content (AvgIpc) is 2.73. The Morgan fingerprint density at radius 3 is 2.23 bits per heavy atom. The van der Waals surface area contributed by atoms with Crippen molar-refractivity contribution in [2.45, 2.75) is 39.3 Å². The molecule has 166 valence electrons. The summed E-state index contributed by atoms with van der Waals surface area (Å²) >= 11 is 0. The highest BCUT2D eigenvalue weighted by molar-refractivity contribution is 5.89. The molecule has 2 heterocycles. The average molecular weight is 428 g/mol. The Balaban J connectivity index is 2.00. The fraction of sp³-hybridized carbons (Fsp3) is 0.435. The number of hydrogen-bond acceptors (Lipinski definition) is 5. The molecule has 0 unspecified atom stereocenters. The van der Waals surface area contributed by atoms with Gasteiger partial charge in [0.2, 0.25) is 5.91 Å². The van der Waals surface area contributed by atoms with Gasteiger partial charge in [0.05, 0.1) is 19.8 Å². The predicted molar refractivity (Wildman–Crippen MR) is 115 cm³/mol. The summed E-state index contributed by atoms with van der Waals surface area (Å²) in [6.45, 7) is 7.15. The summed E-state index contributed by atoms with van der Waals surface area (Å²) in [5.41, 5.74) is 1.78. The van der Waals surface area contributed by atoms with Gasteiger partial charge in [0, 0.05) is 30.9 Å². The Kier molecular flexibility index (Phi) is 6.80. The van der Waals surface area contributed by atoms with Crippen molar-refractivity contribution < 1.29 is 24.5 Å². The molecule has 1 aliphatic heterocycles. The van der Waals surface area contributed by atoms with Crippen LogP contribution in [-0.4, -0.2) is 68.8 Å². The molecule has 1 saturated heterocycles. The van der Waals surface area contributed by atoms with E-state index in [1.807, 2.05) is 26.0 Å². The van der Waals surface area contributed by atoms with Crippen LogP contribution >= 0.6 is 0 Å². The SMILES string of the molecule is Cc1cc(CN(C(=O)O)[C@@](C)(Cc2ccc(O)cc2)C(=O)N2CCOCC2)cc(C)n1. The molecule has 31 heavy (non-hydrogen) atoms. The molecule has 1 aromatic carbocycles. The molecule has 2 aromatic rings. The van der Waals surface area contributed by atoms with Gasteiger partial charge in [0.25, 0.3) is 0 Å². The number of amides is 2. The second kappa shape index (κ2) is 9.34. The number of phenols is 1. The zero-order chi connectivity index (χ0) is 22.6. The van der Waals surface area contributed by atoms with Gasteiger partial charge >= 0.3 is 6.09 Å². The molecule has 0 aliphatic carbocycles. The number of nitrogens with zero attached hydrogens (tertiary/aromatic N) is 3. The minimum absolute atomic E-state index is 0.0597. The van der Waals surface area contributed by atoms with Gasteiger partial charge in [-0.25, -0.2) is 4.79 Å². The third kappa shape index (κ3) is 5.32. The monoisotopic (exact) mass is 427 g/mol. The number of aromatic nitrogens is 1. The van der Waals surface area contributed by atoms with Crippen LogP contribution in [0.2, 0.25) is 0 Å². The minimum Gasteiger partial charge on any atom is -0.508 e. The fourth-order valence-electron chi connectivity index (χ4n) is 4.05. The molecular formula is C23H29N3O5. The van der Waals surface area contributed by atoms with Crippen molar-refractivity contribution >= 4 is 12.0 Å². The zero-order valence-electron chi connectivity index (χ0n) is 18.2. The highest BCUT2D eigenvalue weighted by Gasteiger charge is 2.45. The lowest BCUT2D eigenvalue weighted by Crippen LogP contribution is -2.61. The molecule has 1 aliphatic rings. The predicted octanol–water partition coefficient (Wildman–Crippen LogP) is 2.74. The van der Waals surface area contributed by atoms with E-state index >= 15 is 0 Å². The fourth-order valence-corrected chi connectivity index (χ4v) is 4.05. The number of carboxylic acid groups (broad SMARTS) is 1. The maximum Gasteiger partial charge on any atom is 0.408 e. The summed E-state index contributed by atoms with van der Waals surface area (Å²) < 4.78 is 5.37.